The Morgan fingerprint density at radius 1 is 1.28 bits per heavy atom. The standard InChI is InChI=1S/C14H16IN3/c15-10-3-4-12-11(7-10)17-14(16)18(12)13-6-8-1-2-9(13)5-8/h3-4,7-9,13H,1-2,5-6H2,(H2,16,17). The van der Waals surface area contributed by atoms with Gasteiger partial charge in [-0.2, -0.15) is 0 Å². The van der Waals surface area contributed by atoms with Crippen LogP contribution in [0, 0.1) is 15.4 Å². The zero-order chi connectivity index (χ0) is 12.3. The molecule has 0 aliphatic heterocycles. The fourth-order valence-corrected chi connectivity index (χ4v) is 4.44. The molecular weight excluding hydrogens is 337 g/mol. The maximum absolute atomic E-state index is 6.16. The molecule has 2 bridgehead atoms. The van der Waals surface area contributed by atoms with Crippen LogP contribution in [0.15, 0.2) is 18.2 Å². The van der Waals surface area contributed by atoms with E-state index in [1.54, 1.807) is 0 Å². The van der Waals surface area contributed by atoms with Crippen LogP contribution in [0.3, 0.4) is 0 Å². The Labute approximate surface area is 120 Å². The Hall–Kier alpha value is -0.780. The lowest BCUT2D eigenvalue weighted by Gasteiger charge is -2.24. The minimum atomic E-state index is 0.591. The number of imidazole rings is 1. The van der Waals surface area contributed by atoms with Crippen LogP contribution in [-0.2, 0) is 0 Å². The Kier molecular flexibility index (Phi) is 2.37. The number of nitrogens with zero attached hydrogens (tertiary/aromatic N) is 2. The van der Waals surface area contributed by atoms with E-state index in [1.165, 1.54) is 34.8 Å². The van der Waals surface area contributed by atoms with Crippen molar-refractivity contribution in [3.05, 3.63) is 21.8 Å². The highest BCUT2D eigenvalue weighted by Crippen LogP contribution is 2.52. The topological polar surface area (TPSA) is 43.8 Å². The molecule has 0 radical (unpaired) electrons. The zero-order valence-electron chi connectivity index (χ0n) is 10.1. The quantitative estimate of drug-likeness (QED) is 0.797. The summed E-state index contributed by atoms with van der Waals surface area (Å²) < 4.78 is 3.52. The summed E-state index contributed by atoms with van der Waals surface area (Å²) in [5, 5.41) is 0. The predicted octanol–water partition coefficient (Wildman–Crippen LogP) is 3.58. The fourth-order valence-electron chi connectivity index (χ4n) is 3.97. The molecule has 3 unspecified atom stereocenters. The molecule has 3 nitrogen and oxygen atoms in total. The lowest BCUT2D eigenvalue weighted by atomic mass is 9.95. The molecule has 2 saturated carbocycles. The van der Waals surface area contributed by atoms with Gasteiger partial charge in [0.05, 0.1) is 11.0 Å². The summed E-state index contributed by atoms with van der Waals surface area (Å²) in [6.45, 7) is 0. The van der Waals surface area contributed by atoms with E-state index >= 15 is 0 Å². The number of anilines is 1. The SMILES string of the molecule is Nc1nc2cc(I)ccc2n1C1CC2CCC1C2. The van der Waals surface area contributed by atoms with E-state index in [2.05, 4.69) is 50.3 Å². The van der Waals surface area contributed by atoms with E-state index in [1.807, 2.05) is 0 Å². The van der Waals surface area contributed by atoms with Crippen molar-refractivity contribution in [1.29, 1.82) is 0 Å². The molecule has 2 aliphatic rings. The number of halogens is 1. The molecule has 1 aromatic heterocycles. The average molecular weight is 353 g/mol. The lowest BCUT2D eigenvalue weighted by Crippen LogP contribution is -2.17. The first-order valence-corrected chi connectivity index (χ1v) is 7.73. The van der Waals surface area contributed by atoms with Gasteiger partial charge in [0.1, 0.15) is 0 Å². The zero-order valence-corrected chi connectivity index (χ0v) is 12.3. The second kappa shape index (κ2) is 3.85. The summed E-state index contributed by atoms with van der Waals surface area (Å²) in [5.41, 5.74) is 8.42. The first kappa shape index (κ1) is 11.1. The van der Waals surface area contributed by atoms with E-state index in [0.29, 0.717) is 12.0 Å². The van der Waals surface area contributed by atoms with Gasteiger partial charge in [-0.15, -0.1) is 0 Å². The van der Waals surface area contributed by atoms with Crippen LogP contribution in [0.4, 0.5) is 5.95 Å². The smallest absolute Gasteiger partial charge is 0.201 e. The van der Waals surface area contributed by atoms with Crippen LogP contribution in [-0.4, -0.2) is 9.55 Å². The molecule has 2 aromatic rings. The number of hydrogen-bond acceptors (Lipinski definition) is 2. The molecule has 94 valence electrons. The van der Waals surface area contributed by atoms with Crippen LogP contribution < -0.4 is 5.73 Å². The van der Waals surface area contributed by atoms with Gasteiger partial charge in [0.2, 0.25) is 5.95 Å². The number of hydrogen-bond donors (Lipinski definition) is 1. The molecule has 1 heterocycles. The molecule has 0 amide bonds. The first-order valence-electron chi connectivity index (χ1n) is 6.65. The van der Waals surface area contributed by atoms with Gasteiger partial charge in [-0.25, -0.2) is 4.98 Å². The molecule has 0 spiro atoms. The Morgan fingerprint density at radius 2 is 2.17 bits per heavy atom. The van der Waals surface area contributed by atoms with E-state index in [-0.39, 0.29) is 0 Å². The van der Waals surface area contributed by atoms with Crippen LogP contribution in [0.25, 0.3) is 11.0 Å². The summed E-state index contributed by atoms with van der Waals surface area (Å²) in [4.78, 5) is 4.54. The molecule has 1 aromatic carbocycles. The number of benzene rings is 1. The Morgan fingerprint density at radius 3 is 2.89 bits per heavy atom. The van der Waals surface area contributed by atoms with Crippen LogP contribution in [0.1, 0.15) is 31.7 Å². The van der Waals surface area contributed by atoms with Gasteiger partial charge in [-0.05, 0) is 71.9 Å². The summed E-state index contributed by atoms with van der Waals surface area (Å²) in [7, 11) is 0. The van der Waals surface area contributed by atoms with Crippen LogP contribution in [0.5, 0.6) is 0 Å². The van der Waals surface area contributed by atoms with Crippen molar-refractivity contribution >= 4 is 39.6 Å². The largest absolute Gasteiger partial charge is 0.369 e. The highest BCUT2D eigenvalue weighted by atomic mass is 127. The molecule has 0 saturated heterocycles. The molecule has 2 aliphatic carbocycles. The van der Waals surface area contributed by atoms with E-state index in [0.717, 1.165) is 17.4 Å². The van der Waals surface area contributed by atoms with Crippen molar-refractivity contribution < 1.29 is 0 Å². The molecular formula is C14H16IN3. The Bertz CT molecular complexity index is 619. The third-order valence-electron chi connectivity index (χ3n) is 4.71. The summed E-state index contributed by atoms with van der Waals surface area (Å²) in [5.74, 6) is 2.46. The van der Waals surface area contributed by atoms with Crippen molar-refractivity contribution in [1.82, 2.24) is 9.55 Å². The molecule has 4 heteroatoms. The second-order valence-electron chi connectivity index (χ2n) is 5.72. The number of nitrogens with two attached hydrogens (primary N) is 1. The molecule has 4 rings (SSSR count). The van der Waals surface area contributed by atoms with Gasteiger partial charge in [-0.3, -0.25) is 0 Å². The Balaban J connectivity index is 1.87. The highest BCUT2D eigenvalue weighted by molar-refractivity contribution is 14.1. The van der Waals surface area contributed by atoms with Crippen molar-refractivity contribution in [2.24, 2.45) is 11.8 Å². The highest BCUT2D eigenvalue weighted by Gasteiger charge is 2.41. The van der Waals surface area contributed by atoms with Gasteiger partial charge in [0.25, 0.3) is 0 Å². The van der Waals surface area contributed by atoms with E-state index < -0.39 is 0 Å². The minimum absolute atomic E-state index is 0.591. The maximum Gasteiger partial charge on any atom is 0.201 e. The number of aromatic nitrogens is 2. The van der Waals surface area contributed by atoms with Gasteiger partial charge in [0.15, 0.2) is 0 Å². The van der Waals surface area contributed by atoms with Crippen molar-refractivity contribution in [2.45, 2.75) is 31.7 Å². The van der Waals surface area contributed by atoms with Crippen LogP contribution >= 0.6 is 22.6 Å². The number of nitrogen functional groups attached to an aromatic ring is 1. The van der Waals surface area contributed by atoms with Crippen molar-refractivity contribution in [3.63, 3.8) is 0 Å². The number of fused-ring (bicyclic) bond motifs is 3. The molecule has 2 fully saturated rings. The van der Waals surface area contributed by atoms with E-state index in [4.69, 9.17) is 5.73 Å². The predicted molar refractivity (Wildman–Crippen MR) is 81.3 cm³/mol. The van der Waals surface area contributed by atoms with E-state index in [9.17, 15) is 0 Å². The van der Waals surface area contributed by atoms with Gasteiger partial charge in [-0.1, -0.05) is 6.42 Å². The fraction of sp³-hybridized carbons (Fsp3) is 0.500. The van der Waals surface area contributed by atoms with Gasteiger partial charge >= 0.3 is 0 Å². The van der Waals surface area contributed by atoms with Crippen molar-refractivity contribution in [3.8, 4) is 0 Å². The normalized spacial score (nSPS) is 30.4. The second-order valence-corrected chi connectivity index (χ2v) is 6.96. The van der Waals surface area contributed by atoms with Crippen molar-refractivity contribution in [2.75, 3.05) is 5.73 Å². The monoisotopic (exact) mass is 353 g/mol. The first-order chi connectivity index (χ1) is 8.72. The van der Waals surface area contributed by atoms with Crippen LogP contribution in [0.2, 0.25) is 0 Å². The third-order valence-corrected chi connectivity index (χ3v) is 5.38. The summed E-state index contributed by atoms with van der Waals surface area (Å²) >= 11 is 2.33. The lowest BCUT2D eigenvalue weighted by molar-refractivity contribution is 0.339. The molecule has 3 atom stereocenters. The summed E-state index contributed by atoms with van der Waals surface area (Å²) in [6, 6.07) is 7.03. The van der Waals surface area contributed by atoms with Gasteiger partial charge < -0.3 is 10.3 Å². The average Bonchev–Trinajstić information content (AvgIpc) is 3.00. The summed E-state index contributed by atoms with van der Waals surface area (Å²) in [6.07, 6.45) is 5.49. The van der Waals surface area contributed by atoms with Gasteiger partial charge in [0, 0.05) is 9.61 Å². The molecule has 18 heavy (non-hydrogen) atoms. The minimum Gasteiger partial charge on any atom is -0.369 e. The number of rotatable bonds is 1. The third kappa shape index (κ3) is 1.51. The molecule has 2 N–H and O–H groups in total. The maximum atomic E-state index is 6.16.